The number of nitrogens with one attached hydrogen (secondary N) is 4. The molecule has 2 heterocycles. The minimum atomic E-state index is -0.386. The van der Waals surface area contributed by atoms with Gasteiger partial charge in [0.25, 0.3) is 0 Å². The van der Waals surface area contributed by atoms with E-state index in [1.54, 1.807) is 0 Å². The number of nitrogens with zero attached hydrogens (tertiary/aromatic N) is 1. The molecule has 1 aromatic rings. The third-order valence-corrected chi connectivity index (χ3v) is 4.73. The lowest BCUT2D eigenvalue weighted by Crippen LogP contribution is -2.43. The quantitative estimate of drug-likeness (QED) is 0.572. The van der Waals surface area contributed by atoms with Gasteiger partial charge in [0.1, 0.15) is 5.82 Å². The summed E-state index contributed by atoms with van der Waals surface area (Å²) in [7, 11) is 0. The third-order valence-electron chi connectivity index (χ3n) is 4.73. The number of hydrogen-bond acceptors (Lipinski definition) is 5. The smallest absolute Gasteiger partial charge is 0.340 e. The number of carbonyl (C=O) groups excluding carboxylic acids is 2. The van der Waals surface area contributed by atoms with Gasteiger partial charge in [-0.25, -0.2) is 9.89 Å². The highest BCUT2D eigenvalue weighted by Crippen LogP contribution is 2.25. The van der Waals surface area contributed by atoms with Crippen LogP contribution in [0.15, 0.2) is 4.79 Å². The third kappa shape index (κ3) is 4.22. The number of H-pyrrole nitrogens is 2. The first kappa shape index (κ1) is 16.7. The Hall–Kier alpha value is -2.16. The molecule has 1 aromatic heterocycles. The van der Waals surface area contributed by atoms with Gasteiger partial charge in [-0.2, -0.15) is 5.10 Å². The number of ether oxygens (including phenoxy) is 1. The molecule has 1 saturated heterocycles. The summed E-state index contributed by atoms with van der Waals surface area (Å²) >= 11 is 0. The van der Waals surface area contributed by atoms with Crippen LogP contribution in [0.4, 0.5) is 0 Å². The Labute approximate surface area is 138 Å². The molecular weight excluding hydrogens is 314 g/mol. The first-order valence-corrected chi connectivity index (χ1v) is 8.41. The maximum absolute atomic E-state index is 12.2. The zero-order valence-electron chi connectivity index (χ0n) is 13.5. The van der Waals surface area contributed by atoms with E-state index in [1.807, 2.05) is 0 Å². The lowest BCUT2D eigenvalue weighted by molar-refractivity contribution is -0.127. The van der Waals surface area contributed by atoms with Crippen molar-refractivity contribution in [1.82, 2.24) is 25.8 Å². The summed E-state index contributed by atoms with van der Waals surface area (Å²) in [4.78, 5) is 37.7. The van der Waals surface area contributed by atoms with Gasteiger partial charge in [0.05, 0.1) is 19.1 Å². The second-order valence-corrected chi connectivity index (χ2v) is 6.46. The van der Waals surface area contributed by atoms with E-state index in [9.17, 15) is 14.4 Å². The van der Waals surface area contributed by atoms with E-state index in [-0.39, 0.29) is 41.9 Å². The fourth-order valence-electron chi connectivity index (χ4n) is 3.26. The Morgan fingerprint density at radius 3 is 2.54 bits per heavy atom. The Kier molecular flexibility index (Phi) is 5.29. The highest BCUT2D eigenvalue weighted by Gasteiger charge is 2.30. The molecule has 3 rings (SSSR count). The second-order valence-electron chi connectivity index (χ2n) is 6.46. The lowest BCUT2D eigenvalue weighted by atomic mass is 9.85. The summed E-state index contributed by atoms with van der Waals surface area (Å²) in [5.74, 6) is 0.365. The molecule has 132 valence electrons. The van der Waals surface area contributed by atoms with Crippen LogP contribution in [0.1, 0.15) is 37.9 Å². The van der Waals surface area contributed by atoms with Crippen molar-refractivity contribution in [3.63, 3.8) is 0 Å². The van der Waals surface area contributed by atoms with E-state index in [1.165, 1.54) is 0 Å². The van der Waals surface area contributed by atoms with Crippen molar-refractivity contribution in [3.05, 3.63) is 16.3 Å². The maximum Gasteiger partial charge on any atom is 0.340 e. The normalized spacial score (nSPS) is 26.9. The molecule has 2 aliphatic rings. The molecular formula is C15H23N5O4. The molecule has 4 N–H and O–H groups in total. The monoisotopic (exact) mass is 337 g/mol. The molecule has 24 heavy (non-hydrogen) atoms. The average molecular weight is 337 g/mol. The number of rotatable bonds is 5. The number of aromatic amines is 2. The van der Waals surface area contributed by atoms with Crippen molar-refractivity contribution >= 4 is 11.8 Å². The Morgan fingerprint density at radius 2 is 1.92 bits per heavy atom. The molecule has 9 heteroatoms. The molecule has 0 radical (unpaired) electrons. The summed E-state index contributed by atoms with van der Waals surface area (Å²) in [5, 5.41) is 11.9. The molecule has 1 saturated carbocycles. The van der Waals surface area contributed by atoms with Crippen molar-refractivity contribution in [1.29, 1.82) is 0 Å². The summed E-state index contributed by atoms with van der Waals surface area (Å²) < 4.78 is 5.24. The van der Waals surface area contributed by atoms with E-state index < -0.39 is 0 Å². The Bertz CT molecular complexity index is 626. The molecule has 0 bridgehead atoms. The predicted octanol–water partition coefficient (Wildman–Crippen LogP) is -0.574. The van der Waals surface area contributed by atoms with Gasteiger partial charge in [-0.05, 0) is 32.1 Å². The summed E-state index contributed by atoms with van der Waals surface area (Å²) in [6.45, 7) is 1.38. The lowest BCUT2D eigenvalue weighted by Gasteiger charge is -2.29. The molecule has 1 unspecified atom stereocenters. The van der Waals surface area contributed by atoms with Crippen molar-refractivity contribution in [2.24, 2.45) is 11.8 Å². The summed E-state index contributed by atoms with van der Waals surface area (Å²) in [5.41, 5.74) is -0.386. The first-order valence-electron chi connectivity index (χ1n) is 8.41. The van der Waals surface area contributed by atoms with Gasteiger partial charge >= 0.3 is 5.69 Å². The number of amides is 2. The fraction of sp³-hybridized carbons (Fsp3) is 0.733. The molecule has 1 aliphatic heterocycles. The van der Waals surface area contributed by atoms with Crippen LogP contribution in [0.3, 0.4) is 0 Å². The zero-order chi connectivity index (χ0) is 16.9. The van der Waals surface area contributed by atoms with Crippen molar-refractivity contribution in [3.8, 4) is 0 Å². The largest absolute Gasteiger partial charge is 0.381 e. The van der Waals surface area contributed by atoms with E-state index in [2.05, 4.69) is 25.8 Å². The van der Waals surface area contributed by atoms with Gasteiger partial charge in [0.2, 0.25) is 11.8 Å². The Balaban J connectivity index is 1.38. The van der Waals surface area contributed by atoms with Gasteiger partial charge in [-0.1, -0.05) is 0 Å². The van der Waals surface area contributed by atoms with Crippen LogP contribution in [-0.2, 0) is 20.9 Å². The summed E-state index contributed by atoms with van der Waals surface area (Å²) in [6.07, 6.45) is 3.89. The minimum Gasteiger partial charge on any atom is -0.381 e. The van der Waals surface area contributed by atoms with Crippen LogP contribution < -0.4 is 16.3 Å². The summed E-state index contributed by atoms with van der Waals surface area (Å²) in [6, 6.07) is 0.143. The van der Waals surface area contributed by atoms with Crippen LogP contribution >= 0.6 is 0 Å². The number of hydrogen-bond donors (Lipinski definition) is 4. The zero-order valence-corrected chi connectivity index (χ0v) is 13.5. The molecule has 0 spiro atoms. The van der Waals surface area contributed by atoms with Crippen molar-refractivity contribution in [2.75, 3.05) is 13.2 Å². The molecule has 1 atom stereocenters. The van der Waals surface area contributed by atoms with Gasteiger partial charge in [0, 0.05) is 18.6 Å². The van der Waals surface area contributed by atoms with Crippen LogP contribution in [0.25, 0.3) is 0 Å². The molecule has 1 aliphatic carbocycles. The average Bonchev–Trinajstić information content (AvgIpc) is 3.25. The van der Waals surface area contributed by atoms with E-state index in [4.69, 9.17) is 4.74 Å². The SMILES string of the molecule is O=C(NCc1n[nH]c(=O)[nH]1)C1CCC(NC(=O)C2CCOC2)CC1. The first-order chi connectivity index (χ1) is 11.6. The number of aromatic nitrogens is 3. The Morgan fingerprint density at radius 1 is 1.12 bits per heavy atom. The standard InChI is InChI=1S/C15H23N5O4/c21-13(16-7-12-18-15(23)20-19-12)9-1-3-11(4-2-9)17-14(22)10-5-6-24-8-10/h9-11H,1-8H2,(H,16,21)(H,17,22)(H2,18,19,20,23). The molecule has 2 amide bonds. The molecule has 0 aromatic carbocycles. The van der Waals surface area contributed by atoms with E-state index in [0.717, 1.165) is 32.1 Å². The van der Waals surface area contributed by atoms with Gasteiger partial charge in [0.15, 0.2) is 0 Å². The predicted molar refractivity (Wildman–Crippen MR) is 83.9 cm³/mol. The second kappa shape index (κ2) is 7.61. The van der Waals surface area contributed by atoms with Gasteiger partial charge in [-0.15, -0.1) is 0 Å². The topological polar surface area (TPSA) is 129 Å². The number of carbonyl (C=O) groups is 2. The van der Waals surface area contributed by atoms with Crippen LogP contribution in [0, 0.1) is 11.8 Å². The van der Waals surface area contributed by atoms with Crippen LogP contribution in [0.5, 0.6) is 0 Å². The highest BCUT2D eigenvalue weighted by molar-refractivity contribution is 5.80. The minimum absolute atomic E-state index is 0.0259. The van der Waals surface area contributed by atoms with Crippen molar-refractivity contribution < 1.29 is 14.3 Å². The molecule has 9 nitrogen and oxygen atoms in total. The van der Waals surface area contributed by atoms with Gasteiger partial charge in [-0.3, -0.25) is 14.6 Å². The molecule has 2 fully saturated rings. The fourth-order valence-corrected chi connectivity index (χ4v) is 3.26. The van der Waals surface area contributed by atoms with Gasteiger partial charge < -0.3 is 15.4 Å². The van der Waals surface area contributed by atoms with E-state index >= 15 is 0 Å². The van der Waals surface area contributed by atoms with Crippen molar-refractivity contribution in [2.45, 2.75) is 44.7 Å². The van der Waals surface area contributed by atoms with E-state index in [0.29, 0.717) is 19.0 Å². The highest BCUT2D eigenvalue weighted by atomic mass is 16.5. The van der Waals surface area contributed by atoms with Crippen LogP contribution in [-0.4, -0.2) is 46.3 Å². The maximum atomic E-state index is 12.2. The van der Waals surface area contributed by atoms with Crippen LogP contribution in [0.2, 0.25) is 0 Å².